The zero-order chi connectivity index (χ0) is 14.0. The molecular weight excluding hydrogens is 265 g/mol. The lowest BCUT2D eigenvalue weighted by atomic mass is 9.99. The molecule has 2 fully saturated rings. The van der Waals surface area contributed by atoms with Gasteiger partial charge in [0, 0.05) is 12.6 Å². The Morgan fingerprint density at radius 3 is 2.95 bits per heavy atom. The van der Waals surface area contributed by atoms with E-state index in [2.05, 4.69) is 4.98 Å². The lowest BCUT2D eigenvalue weighted by molar-refractivity contribution is -0.277. The molecule has 2 aliphatic rings. The van der Waals surface area contributed by atoms with Crippen molar-refractivity contribution in [2.75, 3.05) is 13.2 Å². The van der Waals surface area contributed by atoms with Crippen molar-refractivity contribution in [3.8, 4) is 0 Å². The van der Waals surface area contributed by atoms with E-state index >= 15 is 0 Å². The summed E-state index contributed by atoms with van der Waals surface area (Å²) in [4.78, 5) is 15.8. The van der Waals surface area contributed by atoms with Crippen LogP contribution in [0.3, 0.4) is 0 Å². The Labute approximate surface area is 116 Å². The number of hydrogen-bond acceptors (Lipinski definition) is 5. The minimum atomic E-state index is -0.848. The molecule has 0 amide bonds. The summed E-state index contributed by atoms with van der Waals surface area (Å²) in [5, 5.41) is 0. The summed E-state index contributed by atoms with van der Waals surface area (Å²) in [7, 11) is 0. The van der Waals surface area contributed by atoms with Gasteiger partial charge in [0.05, 0.1) is 13.2 Å². The van der Waals surface area contributed by atoms with Crippen LogP contribution in [0.2, 0.25) is 0 Å². The summed E-state index contributed by atoms with van der Waals surface area (Å²) >= 11 is 0. The first-order valence-electron chi connectivity index (χ1n) is 6.81. The highest BCUT2D eigenvalue weighted by Gasteiger charge is 2.48. The molecule has 108 valence electrons. The molecule has 0 radical (unpaired) electrons. The van der Waals surface area contributed by atoms with Gasteiger partial charge in [-0.15, -0.1) is 0 Å². The highest BCUT2D eigenvalue weighted by atomic mass is 19.1. The lowest BCUT2D eigenvalue weighted by Crippen LogP contribution is -2.50. The van der Waals surface area contributed by atoms with Crippen molar-refractivity contribution in [3.05, 3.63) is 29.8 Å². The van der Waals surface area contributed by atoms with Crippen LogP contribution in [0.15, 0.2) is 18.3 Å². The van der Waals surface area contributed by atoms with Crippen molar-refractivity contribution in [1.82, 2.24) is 4.98 Å². The molecule has 0 N–H and O–H groups in total. The Balaban J connectivity index is 1.76. The number of rotatable bonds is 2. The number of esters is 1. The third-order valence-electron chi connectivity index (χ3n) is 3.66. The van der Waals surface area contributed by atoms with Crippen LogP contribution in [0, 0.1) is 5.82 Å². The van der Waals surface area contributed by atoms with Gasteiger partial charge in [-0.1, -0.05) is 0 Å². The largest absolute Gasteiger partial charge is 0.452 e. The summed E-state index contributed by atoms with van der Waals surface area (Å²) in [6, 6.07) is 2.61. The van der Waals surface area contributed by atoms with Crippen LogP contribution in [0.4, 0.5) is 4.39 Å². The molecule has 3 heterocycles. The number of hydrogen-bond donors (Lipinski definition) is 0. The number of carbonyl (C=O) groups excluding carboxylic acids is 1. The zero-order valence-corrected chi connectivity index (χ0v) is 11.0. The molecule has 0 bridgehead atoms. The van der Waals surface area contributed by atoms with Gasteiger partial charge >= 0.3 is 5.97 Å². The molecule has 3 rings (SSSR count). The predicted octanol–water partition coefficient (Wildman–Crippen LogP) is 2.06. The number of aromatic nitrogens is 1. The average molecular weight is 281 g/mol. The Kier molecular flexibility index (Phi) is 3.67. The average Bonchev–Trinajstić information content (AvgIpc) is 2.91. The van der Waals surface area contributed by atoms with Crippen LogP contribution in [0.5, 0.6) is 0 Å². The monoisotopic (exact) mass is 281 g/mol. The summed E-state index contributed by atoms with van der Waals surface area (Å²) in [6.45, 7) is 1.18. The van der Waals surface area contributed by atoms with Crippen molar-refractivity contribution in [1.29, 1.82) is 0 Å². The lowest BCUT2D eigenvalue weighted by Gasteiger charge is -2.39. The number of halogens is 1. The maximum Gasteiger partial charge on any atom is 0.360 e. The van der Waals surface area contributed by atoms with Crippen LogP contribution >= 0.6 is 0 Å². The summed E-state index contributed by atoms with van der Waals surface area (Å²) in [6.07, 6.45) is 3.85. The first-order valence-corrected chi connectivity index (χ1v) is 6.81. The molecule has 5 nitrogen and oxygen atoms in total. The number of ether oxygens (including phenoxy) is 3. The molecule has 0 aliphatic carbocycles. The van der Waals surface area contributed by atoms with Gasteiger partial charge < -0.3 is 14.2 Å². The Morgan fingerprint density at radius 1 is 1.40 bits per heavy atom. The van der Waals surface area contributed by atoms with Gasteiger partial charge in [0.15, 0.2) is 17.6 Å². The molecule has 20 heavy (non-hydrogen) atoms. The summed E-state index contributed by atoms with van der Waals surface area (Å²) in [5.41, 5.74) is -0.300. The van der Waals surface area contributed by atoms with E-state index in [9.17, 15) is 9.18 Å². The smallest absolute Gasteiger partial charge is 0.360 e. The van der Waals surface area contributed by atoms with Crippen molar-refractivity contribution in [2.24, 2.45) is 0 Å². The van der Waals surface area contributed by atoms with E-state index in [1.165, 1.54) is 18.3 Å². The number of nitrogens with zero attached hydrogens (tertiary/aromatic N) is 1. The van der Waals surface area contributed by atoms with Gasteiger partial charge in [-0.3, -0.25) is 0 Å². The zero-order valence-electron chi connectivity index (χ0n) is 11.0. The number of pyridine rings is 1. The van der Waals surface area contributed by atoms with Crippen molar-refractivity contribution in [2.45, 2.75) is 37.6 Å². The highest BCUT2D eigenvalue weighted by molar-refractivity contribution is 5.87. The molecule has 1 spiro atoms. The second-order valence-corrected chi connectivity index (χ2v) is 4.98. The molecule has 2 atom stereocenters. The fourth-order valence-corrected chi connectivity index (χ4v) is 2.70. The van der Waals surface area contributed by atoms with Gasteiger partial charge in [0.2, 0.25) is 5.79 Å². The van der Waals surface area contributed by atoms with E-state index in [1.807, 2.05) is 0 Å². The van der Waals surface area contributed by atoms with E-state index in [0.717, 1.165) is 12.8 Å². The maximum atomic E-state index is 13.5. The molecule has 1 aromatic rings. The summed E-state index contributed by atoms with van der Waals surface area (Å²) in [5.74, 6) is -2.30. The predicted molar refractivity (Wildman–Crippen MR) is 66.5 cm³/mol. The quantitative estimate of drug-likeness (QED) is 0.777. The van der Waals surface area contributed by atoms with Crippen LogP contribution in [0.25, 0.3) is 0 Å². The molecular formula is C14H16FNO4. The number of carbonyl (C=O) groups is 1. The minimum absolute atomic E-state index is 0.300. The second-order valence-electron chi connectivity index (χ2n) is 4.98. The van der Waals surface area contributed by atoms with E-state index in [4.69, 9.17) is 14.2 Å². The summed E-state index contributed by atoms with van der Waals surface area (Å²) < 4.78 is 30.3. The highest BCUT2D eigenvalue weighted by Crippen LogP contribution is 2.37. The molecule has 2 aliphatic heterocycles. The molecule has 1 aromatic heterocycles. The third-order valence-corrected chi connectivity index (χ3v) is 3.66. The van der Waals surface area contributed by atoms with E-state index < -0.39 is 23.7 Å². The van der Waals surface area contributed by atoms with E-state index in [-0.39, 0.29) is 5.69 Å². The van der Waals surface area contributed by atoms with Crippen LogP contribution in [0.1, 0.15) is 36.2 Å². The topological polar surface area (TPSA) is 57.7 Å². The second kappa shape index (κ2) is 5.46. The van der Waals surface area contributed by atoms with Crippen molar-refractivity contribution in [3.63, 3.8) is 0 Å². The normalized spacial score (nSPS) is 29.6. The van der Waals surface area contributed by atoms with Crippen molar-refractivity contribution >= 4 is 5.97 Å². The van der Waals surface area contributed by atoms with Crippen LogP contribution in [-0.2, 0) is 14.2 Å². The Bertz CT molecular complexity index is 502. The first-order chi connectivity index (χ1) is 9.71. The van der Waals surface area contributed by atoms with Gasteiger partial charge in [-0.25, -0.2) is 14.2 Å². The van der Waals surface area contributed by atoms with Gasteiger partial charge in [-0.05, 0) is 31.4 Å². The Hall–Kier alpha value is -1.53. The Morgan fingerprint density at radius 2 is 2.20 bits per heavy atom. The van der Waals surface area contributed by atoms with Gasteiger partial charge in [-0.2, -0.15) is 0 Å². The van der Waals surface area contributed by atoms with Crippen molar-refractivity contribution < 1.29 is 23.4 Å². The SMILES string of the molecule is O=C(OC1CCCOC12CCCO2)c1ncccc1F. The minimum Gasteiger partial charge on any atom is -0.452 e. The fraction of sp³-hybridized carbons (Fsp3) is 0.571. The molecule has 2 unspecified atom stereocenters. The van der Waals surface area contributed by atoms with Crippen LogP contribution in [-0.4, -0.2) is 36.1 Å². The maximum absolute atomic E-state index is 13.5. The molecule has 0 aromatic carbocycles. The molecule has 6 heteroatoms. The third kappa shape index (κ3) is 2.41. The van der Waals surface area contributed by atoms with Crippen LogP contribution < -0.4 is 0 Å². The van der Waals surface area contributed by atoms with E-state index in [0.29, 0.717) is 26.1 Å². The fourth-order valence-electron chi connectivity index (χ4n) is 2.70. The standard InChI is InChI=1S/C14H16FNO4/c15-10-4-1-7-16-12(10)13(17)20-11-5-2-8-18-14(11)6-3-9-19-14/h1,4,7,11H,2-3,5-6,8-9H2. The van der Waals surface area contributed by atoms with Gasteiger partial charge in [0.1, 0.15) is 0 Å². The first kappa shape index (κ1) is 13.5. The van der Waals surface area contributed by atoms with Gasteiger partial charge in [0.25, 0.3) is 0 Å². The molecule has 0 saturated carbocycles. The molecule has 2 saturated heterocycles. The van der Waals surface area contributed by atoms with E-state index in [1.54, 1.807) is 0 Å².